The van der Waals surface area contributed by atoms with E-state index in [1.54, 1.807) is 6.07 Å². The van der Waals surface area contributed by atoms with Gasteiger partial charge in [-0.3, -0.25) is 0 Å². The van der Waals surface area contributed by atoms with E-state index in [1.807, 2.05) is 0 Å². The number of benzene rings is 1. The summed E-state index contributed by atoms with van der Waals surface area (Å²) in [5, 5.41) is 20.7. The Morgan fingerprint density at radius 1 is 1.45 bits per heavy atom. The number of hydrogen-bond acceptors (Lipinski definition) is 5. The highest BCUT2D eigenvalue weighted by atomic mass is 32.1. The molecule has 4 nitrogen and oxygen atoms in total. The van der Waals surface area contributed by atoms with Crippen molar-refractivity contribution in [3.05, 3.63) is 53.0 Å². The van der Waals surface area contributed by atoms with Gasteiger partial charge in [-0.2, -0.15) is 0 Å². The van der Waals surface area contributed by atoms with Crippen molar-refractivity contribution in [2.75, 3.05) is 7.11 Å². The Bertz CT molecular complexity index is 724. The first-order valence-electron chi connectivity index (χ1n) is 5.95. The zero-order chi connectivity index (χ0) is 14.3. The van der Waals surface area contributed by atoms with Gasteiger partial charge in [-0.25, -0.2) is 9.37 Å². The first-order valence-corrected chi connectivity index (χ1v) is 6.76. The number of aromatic nitrogens is 1. The summed E-state index contributed by atoms with van der Waals surface area (Å²) in [6.07, 6.45) is 3.41. The molecule has 6 heteroatoms. The third-order valence-corrected chi connectivity index (χ3v) is 4.29. The number of ether oxygens (including phenoxy) is 1. The van der Waals surface area contributed by atoms with Crippen LogP contribution < -0.4 is 0 Å². The van der Waals surface area contributed by atoms with Crippen LogP contribution in [0.25, 0.3) is 10.2 Å². The smallest absolute Gasteiger partial charge is 0.156 e. The molecule has 0 fully saturated rings. The van der Waals surface area contributed by atoms with Crippen LogP contribution in [-0.2, 0) is 10.3 Å². The predicted molar refractivity (Wildman–Crippen MR) is 73.7 cm³/mol. The van der Waals surface area contributed by atoms with Crippen molar-refractivity contribution in [3.8, 4) is 0 Å². The van der Waals surface area contributed by atoms with Crippen LogP contribution >= 0.6 is 11.3 Å². The average molecular weight is 293 g/mol. The molecule has 20 heavy (non-hydrogen) atoms. The molecule has 0 saturated carbocycles. The van der Waals surface area contributed by atoms with Gasteiger partial charge in [-0.05, 0) is 30.4 Å². The number of aliphatic hydroxyl groups is 2. The van der Waals surface area contributed by atoms with Crippen LogP contribution in [0.5, 0.6) is 0 Å². The van der Waals surface area contributed by atoms with Crippen LogP contribution in [0.4, 0.5) is 4.39 Å². The molecular formula is C14H12FNO3S. The van der Waals surface area contributed by atoms with E-state index in [0.29, 0.717) is 10.5 Å². The van der Waals surface area contributed by atoms with Gasteiger partial charge < -0.3 is 14.9 Å². The molecule has 1 aromatic heterocycles. The summed E-state index contributed by atoms with van der Waals surface area (Å²) in [6, 6.07) is 4.30. The van der Waals surface area contributed by atoms with Gasteiger partial charge in [0.2, 0.25) is 0 Å². The fraction of sp³-hybridized carbons (Fsp3) is 0.214. The molecule has 104 valence electrons. The molecule has 2 atom stereocenters. The normalized spacial score (nSPS) is 25.8. The van der Waals surface area contributed by atoms with E-state index in [0.717, 1.165) is 4.70 Å². The monoisotopic (exact) mass is 293 g/mol. The Labute approximate surface area is 118 Å². The first kappa shape index (κ1) is 13.2. The summed E-state index contributed by atoms with van der Waals surface area (Å²) in [4.78, 5) is 4.26. The van der Waals surface area contributed by atoms with Gasteiger partial charge in [0.25, 0.3) is 0 Å². The molecule has 1 aliphatic rings. The zero-order valence-electron chi connectivity index (χ0n) is 10.6. The lowest BCUT2D eigenvalue weighted by atomic mass is 9.96. The summed E-state index contributed by atoms with van der Waals surface area (Å²) in [7, 11) is 1.42. The van der Waals surface area contributed by atoms with Crippen molar-refractivity contribution in [3.63, 3.8) is 0 Å². The number of nitrogens with zero attached hydrogens (tertiary/aromatic N) is 1. The van der Waals surface area contributed by atoms with E-state index >= 15 is 0 Å². The van der Waals surface area contributed by atoms with Gasteiger partial charge in [0.1, 0.15) is 22.7 Å². The minimum absolute atomic E-state index is 0.250. The molecule has 0 bridgehead atoms. The fourth-order valence-corrected chi connectivity index (χ4v) is 3.06. The molecule has 0 amide bonds. The van der Waals surface area contributed by atoms with E-state index in [-0.39, 0.29) is 11.6 Å². The third kappa shape index (κ3) is 2.11. The lowest BCUT2D eigenvalue weighted by molar-refractivity contribution is 0.104. The Hall–Kier alpha value is -1.76. The maximum Gasteiger partial charge on any atom is 0.156 e. The average Bonchev–Trinajstić information content (AvgIpc) is 2.85. The topological polar surface area (TPSA) is 62.6 Å². The molecule has 0 spiro atoms. The molecule has 1 heterocycles. The van der Waals surface area contributed by atoms with E-state index < -0.39 is 11.7 Å². The zero-order valence-corrected chi connectivity index (χ0v) is 11.4. The van der Waals surface area contributed by atoms with Crippen molar-refractivity contribution in [2.24, 2.45) is 0 Å². The SMILES string of the molecule is COC1=CC(O)(c2nc3cc(F)ccc3s2)C=CC1O. The Kier molecular flexibility index (Phi) is 3.08. The maximum atomic E-state index is 13.2. The Balaban J connectivity index is 2.10. The molecule has 2 aromatic rings. The van der Waals surface area contributed by atoms with Crippen molar-refractivity contribution in [2.45, 2.75) is 11.7 Å². The standard InChI is InChI=1S/C14H12FNO3S/c1-19-11-7-14(18,5-4-10(11)17)13-16-9-6-8(15)2-3-12(9)20-13/h2-7,10,17-18H,1H3. The van der Waals surface area contributed by atoms with Crippen LogP contribution in [0.1, 0.15) is 5.01 Å². The van der Waals surface area contributed by atoms with Gasteiger partial charge in [0.15, 0.2) is 5.60 Å². The fourth-order valence-electron chi connectivity index (χ4n) is 2.07. The number of methoxy groups -OCH3 is 1. The highest BCUT2D eigenvalue weighted by molar-refractivity contribution is 7.18. The number of fused-ring (bicyclic) bond motifs is 1. The van der Waals surface area contributed by atoms with E-state index in [2.05, 4.69) is 4.98 Å². The highest BCUT2D eigenvalue weighted by Gasteiger charge is 2.33. The van der Waals surface area contributed by atoms with E-state index in [1.165, 1.54) is 48.8 Å². The molecule has 0 saturated heterocycles. The second kappa shape index (κ2) is 4.66. The molecule has 1 aliphatic carbocycles. The quantitative estimate of drug-likeness (QED) is 0.832. The number of hydrogen-bond donors (Lipinski definition) is 2. The summed E-state index contributed by atoms with van der Waals surface area (Å²) >= 11 is 1.26. The Morgan fingerprint density at radius 2 is 2.25 bits per heavy atom. The van der Waals surface area contributed by atoms with Crippen LogP contribution in [0, 0.1) is 5.82 Å². The highest BCUT2D eigenvalue weighted by Crippen LogP contribution is 2.35. The Morgan fingerprint density at radius 3 is 3.00 bits per heavy atom. The summed E-state index contributed by atoms with van der Waals surface area (Å²) < 4.78 is 19.0. The minimum Gasteiger partial charge on any atom is -0.498 e. The van der Waals surface area contributed by atoms with Crippen molar-refractivity contribution < 1.29 is 19.3 Å². The summed E-state index contributed by atoms with van der Waals surface area (Å²) in [5.41, 5.74) is -0.963. The van der Waals surface area contributed by atoms with Gasteiger partial charge in [0, 0.05) is 6.07 Å². The van der Waals surface area contributed by atoms with Gasteiger partial charge >= 0.3 is 0 Å². The van der Waals surface area contributed by atoms with Gasteiger partial charge in [-0.15, -0.1) is 11.3 Å². The minimum atomic E-state index is -1.45. The predicted octanol–water partition coefficient (Wildman–Crippen LogP) is 2.08. The number of thiazole rings is 1. The molecule has 1 aromatic carbocycles. The molecule has 0 aliphatic heterocycles. The molecule has 3 rings (SSSR count). The largest absolute Gasteiger partial charge is 0.498 e. The van der Waals surface area contributed by atoms with E-state index in [9.17, 15) is 14.6 Å². The molecule has 0 radical (unpaired) electrons. The molecule has 2 unspecified atom stereocenters. The first-order chi connectivity index (χ1) is 9.51. The van der Waals surface area contributed by atoms with Crippen molar-refractivity contribution in [1.29, 1.82) is 0 Å². The lowest BCUT2D eigenvalue weighted by Crippen LogP contribution is -2.27. The second-order valence-corrected chi connectivity index (χ2v) is 5.54. The summed E-state index contributed by atoms with van der Waals surface area (Å²) in [5.74, 6) is -0.121. The van der Waals surface area contributed by atoms with Crippen LogP contribution in [0.3, 0.4) is 0 Å². The van der Waals surface area contributed by atoms with Crippen LogP contribution in [0.15, 0.2) is 42.2 Å². The van der Waals surface area contributed by atoms with Crippen molar-refractivity contribution >= 4 is 21.6 Å². The van der Waals surface area contributed by atoms with Crippen LogP contribution in [0.2, 0.25) is 0 Å². The maximum absolute atomic E-state index is 13.2. The van der Waals surface area contributed by atoms with Gasteiger partial charge in [0.05, 0.1) is 17.3 Å². The molecular weight excluding hydrogens is 281 g/mol. The number of halogens is 1. The van der Waals surface area contributed by atoms with E-state index in [4.69, 9.17) is 4.74 Å². The number of aliphatic hydroxyl groups excluding tert-OH is 1. The number of rotatable bonds is 2. The second-order valence-electron chi connectivity index (χ2n) is 4.51. The van der Waals surface area contributed by atoms with Gasteiger partial charge in [-0.1, -0.05) is 0 Å². The van der Waals surface area contributed by atoms with Crippen LogP contribution in [-0.4, -0.2) is 28.4 Å². The van der Waals surface area contributed by atoms with Crippen molar-refractivity contribution in [1.82, 2.24) is 4.98 Å². The lowest BCUT2D eigenvalue weighted by Gasteiger charge is -2.25. The summed E-state index contributed by atoms with van der Waals surface area (Å²) in [6.45, 7) is 0. The molecule has 2 N–H and O–H groups in total. The third-order valence-electron chi connectivity index (χ3n) is 3.11.